The lowest BCUT2D eigenvalue weighted by atomic mass is 9.89. The van der Waals surface area contributed by atoms with Crippen LogP contribution in [0.2, 0.25) is 0 Å². The second-order valence-electron chi connectivity index (χ2n) is 5.78. The van der Waals surface area contributed by atoms with Crippen LogP contribution in [0.5, 0.6) is 0 Å². The zero-order valence-corrected chi connectivity index (χ0v) is 11.8. The Labute approximate surface area is 106 Å². The van der Waals surface area contributed by atoms with Crippen molar-refractivity contribution in [2.75, 3.05) is 20.2 Å². The molecule has 3 nitrogen and oxygen atoms in total. The molecule has 1 fully saturated rings. The molecule has 1 unspecified atom stereocenters. The second kappa shape index (κ2) is 6.39. The average Bonchev–Trinajstić information content (AvgIpc) is 2.30. The topological polar surface area (TPSA) is 29.5 Å². The molecule has 0 aromatic rings. The van der Waals surface area contributed by atoms with E-state index in [2.05, 4.69) is 11.8 Å². The summed E-state index contributed by atoms with van der Waals surface area (Å²) in [6.07, 6.45) is 6.35. The van der Waals surface area contributed by atoms with Gasteiger partial charge in [0.2, 0.25) is 0 Å². The lowest BCUT2D eigenvalue weighted by Gasteiger charge is -2.39. The number of carbonyl (C=O) groups excluding carboxylic acids is 1. The van der Waals surface area contributed by atoms with Crippen LogP contribution in [0.1, 0.15) is 52.9 Å². The van der Waals surface area contributed by atoms with Gasteiger partial charge in [-0.1, -0.05) is 19.8 Å². The van der Waals surface area contributed by atoms with Crippen molar-refractivity contribution < 1.29 is 9.53 Å². The molecule has 1 saturated heterocycles. The molecule has 0 amide bonds. The molecule has 0 spiro atoms. The Morgan fingerprint density at radius 2 is 2.12 bits per heavy atom. The average molecular weight is 241 g/mol. The molecule has 1 aliphatic rings. The normalized spacial score (nSPS) is 22.5. The maximum Gasteiger partial charge on any atom is 0.312 e. The van der Waals surface area contributed by atoms with E-state index in [1.165, 1.54) is 39.2 Å². The summed E-state index contributed by atoms with van der Waals surface area (Å²) in [5.74, 6) is -0.0988. The Hall–Kier alpha value is -0.570. The van der Waals surface area contributed by atoms with Crippen molar-refractivity contribution in [3.05, 3.63) is 0 Å². The highest BCUT2D eigenvalue weighted by atomic mass is 16.5. The molecule has 1 rings (SSSR count). The van der Waals surface area contributed by atoms with Gasteiger partial charge in [0.15, 0.2) is 0 Å². The van der Waals surface area contributed by atoms with Crippen molar-refractivity contribution >= 4 is 5.97 Å². The first-order chi connectivity index (χ1) is 8.01. The SMILES string of the molecule is CCCC1CCCCN1CC(C)(C)C(=O)OC. The first kappa shape index (κ1) is 14.5. The van der Waals surface area contributed by atoms with Crippen LogP contribution in [-0.4, -0.2) is 37.1 Å². The molecular formula is C14H27NO2. The quantitative estimate of drug-likeness (QED) is 0.693. The third-order valence-electron chi connectivity index (χ3n) is 3.71. The van der Waals surface area contributed by atoms with Crippen LogP contribution in [0.3, 0.4) is 0 Å². The lowest BCUT2D eigenvalue weighted by Crippen LogP contribution is -2.47. The number of hydrogen-bond donors (Lipinski definition) is 0. The summed E-state index contributed by atoms with van der Waals surface area (Å²) in [7, 11) is 1.48. The van der Waals surface area contributed by atoms with Gasteiger partial charge < -0.3 is 4.74 Å². The predicted octanol–water partition coefficient (Wildman–Crippen LogP) is 2.84. The monoisotopic (exact) mass is 241 g/mol. The molecular weight excluding hydrogens is 214 g/mol. The summed E-state index contributed by atoms with van der Waals surface area (Å²) in [4.78, 5) is 14.2. The van der Waals surface area contributed by atoms with E-state index in [1.807, 2.05) is 13.8 Å². The van der Waals surface area contributed by atoms with Gasteiger partial charge in [-0.25, -0.2) is 0 Å². The van der Waals surface area contributed by atoms with Gasteiger partial charge in [0, 0.05) is 12.6 Å². The van der Waals surface area contributed by atoms with Gasteiger partial charge in [0.25, 0.3) is 0 Å². The summed E-state index contributed by atoms with van der Waals surface area (Å²) in [5, 5.41) is 0. The molecule has 100 valence electrons. The van der Waals surface area contributed by atoms with E-state index in [1.54, 1.807) is 0 Å². The molecule has 0 aliphatic carbocycles. The molecule has 0 bridgehead atoms. The number of methoxy groups -OCH3 is 1. The molecule has 0 aromatic carbocycles. The van der Waals surface area contributed by atoms with E-state index in [9.17, 15) is 4.79 Å². The molecule has 0 N–H and O–H groups in total. The number of hydrogen-bond acceptors (Lipinski definition) is 3. The van der Waals surface area contributed by atoms with E-state index < -0.39 is 5.41 Å². The molecule has 0 radical (unpaired) electrons. The number of ether oxygens (including phenoxy) is 1. The highest BCUT2D eigenvalue weighted by Gasteiger charge is 2.34. The van der Waals surface area contributed by atoms with Crippen LogP contribution < -0.4 is 0 Å². The maximum absolute atomic E-state index is 11.7. The zero-order chi connectivity index (χ0) is 12.9. The van der Waals surface area contributed by atoms with Gasteiger partial charge >= 0.3 is 5.97 Å². The van der Waals surface area contributed by atoms with Crippen LogP contribution in [0, 0.1) is 5.41 Å². The molecule has 17 heavy (non-hydrogen) atoms. The van der Waals surface area contributed by atoms with Gasteiger partial charge in [0.05, 0.1) is 12.5 Å². The fraction of sp³-hybridized carbons (Fsp3) is 0.929. The summed E-state index contributed by atoms with van der Waals surface area (Å²) in [6, 6.07) is 0.665. The Morgan fingerprint density at radius 3 is 2.71 bits per heavy atom. The Morgan fingerprint density at radius 1 is 1.41 bits per heavy atom. The minimum atomic E-state index is -0.391. The van der Waals surface area contributed by atoms with Crippen molar-refractivity contribution in [3.8, 4) is 0 Å². The van der Waals surface area contributed by atoms with Crippen LogP contribution in [0.25, 0.3) is 0 Å². The van der Waals surface area contributed by atoms with Crippen LogP contribution in [0.4, 0.5) is 0 Å². The van der Waals surface area contributed by atoms with Gasteiger partial charge in [0.1, 0.15) is 0 Å². The minimum absolute atomic E-state index is 0.0988. The first-order valence-electron chi connectivity index (χ1n) is 6.83. The second-order valence-corrected chi connectivity index (χ2v) is 5.78. The van der Waals surface area contributed by atoms with Gasteiger partial charge in [-0.2, -0.15) is 0 Å². The summed E-state index contributed by atoms with van der Waals surface area (Å²) >= 11 is 0. The number of piperidine rings is 1. The van der Waals surface area contributed by atoms with Gasteiger partial charge in [-0.3, -0.25) is 9.69 Å². The number of likely N-dealkylation sites (tertiary alicyclic amines) is 1. The van der Waals surface area contributed by atoms with E-state index in [-0.39, 0.29) is 5.97 Å². The Bertz CT molecular complexity index is 249. The van der Waals surface area contributed by atoms with Gasteiger partial charge in [-0.05, 0) is 39.7 Å². The maximum atomic E-state index is 11.7. The van der Waals surface area contributed by atoms with E-state index >= 15 is 0 Å². The number of rotatable bonds is 5. The molecule has 0 saturated carbocycles. The molecule has 0 aromatic heterocycles. The summed E-state index contributed by atoms with van der Waals surface area (Å²) < 4.78 is 4.89. The Kier molecular flexibility index (Phi) is 5.44. The third kappa shape index (κ3) is 3.98. The molecule has 1 heterocycles. The molecule has 1 aliphatic heterocycles. The van der Waals surface area contributed by atoms with Crippen molar-refractivity contribution in [1.29, 1.82) is 0 Å². The van der Waals surface area contributed by atoms with Crippen LogP contribution >= 0.6 is 0 Å². The largest absolute Gasteiger partial charge is 0.469 e. The lowest BCUT2D eigenvalue weighted by molar-refractivity contribution is -0.152. The van der Waals surface area contributed by atoms with Crippen molar-refractivity contribution in [2.45, 2.75) is 58.9 Å². The molecule has 1 atom stereocenters. The van der Waals surface area contributed by atoms with Crippen LogP contribution in [0.15, 0.2) is 0 Å². The summed E-state index contributed by atoms with van der Waals surface area (Å²) in [6.45, 7) is 8.15. The van der Waals surface area contributed by atoms with Crippen molar-refractivity contribution in [1.82, 2.24) is 4.90 Å². The van der Waals surface area contributed by atoms with E-state index in [0.717, 1.165) is 13.1 Å². The number of esters is 1. The van der Waals surface area contributed by atoms with Gasteiger partial charge in [-0.15, -0.1) is 0 Å². The smallest absolute Gasteiger partial charge is 0.312 e. The van der Waals surface area contributed by atoms with Crippen LogP contribution in [-0.2, 0) is 9.53 Å². The summed E-state index contributed by atoms with van der Waals surface area (Å²) in [5.41, 5.74) is -0.391. The predicted molar refractivity (Wildman–Crippen MR) is 69.9 cm³/mol. The highest BCUT2D eigenvalue weighted by Crippen LogP contribution is 2.26. The third-order valence-corrected chi connectivity index (χ3v) is 3.71. The Balaban J connectivity index is 2.60. The zero-order valence-electron chi connectivity index (χ0n) is 11.8. The fourth-order valence-electron chi connectivity index (χ4n) is 2.78. The highest BCUT2D eigenvalue weighted by molar-refractivity contribution is 5.76. The van der Waals surface area contributed by atoms with E-state index in [4.69, 9.17) is 4.74 Å². The minimum Gasteiger partial charge on any atom is -0.469 e. The first-order valence-corrected chi connectivity index (χ1v) is 6.83. The number of nitrogens with zero attached hydrogens (tertiary/aromatic N) is 1. The molecule has 3 heteroatoms. The van der Waals surface area contributed by atoms with E-state index in [0.29, 0.717) is 6.04 Å². The van der Waals surface area contributed by atoms with Crippen molar-refractivity contribution in [3.63, 3.8) is 0 Å². The fourth-order valence-corrected chi connectivity index (χ4v) is 2.78. The standard InChI is InChI=1S/C14H27NO2/c1-5-8-12-9-6-7-10-15(12)11-14(2,3)13(16)17-4/h12H,5-11H2,1-4H3. The number of carbonyl (C=O) groups is 1. The van der Waals surface area contributed by atoms with Crippen molar-refractivity contribution in [2.24, 2.45) is 5.41 Å².